The van der Waals surface area contributed by atoms with Gasteiger partial charge in [0, 0.05) is 15.6 Å². The van der Waals surface area contributed by atoms with Crippen LogP contribution in [0.5, 0.6) is 11.5 Å². The lowest BCUT2D eigenvalue weighted by molar-refractivity contribution is 0.170. The number of nitrogens with two attached hydrogens (primary N) is 1. The molecule has 92 valence electrons. The Bertz CT molecular complexity index is 469. The van der Waals surface area contributed by atoms with Gasteiger partial charge in [0.05, 0.1) is 0 Å². The molecule has 17 heavy (non-hydrogen) atoms. The second-order valence-electron chi connectivity index (χ2n) is 5.04. The zero-order valence-electron chi connectivity index (χ0n) is 9.88. The van der Waals surface area contributed by atoms with Crippen molar-refractivity contribution < 1.29 is 9.47 Å². The van der Waals surface area contributed by atoms with Gasteiger partial charge in [0.15, 0.2) is 11.5 Å². The molecular weight excluding hydrogens is 282 g/mol. The summed E-state index contributed by atoms with van der Waals surface area (Å²) in [7, 11) is 0. The molecule has 0 saturated heterocycles. The molecule has 1 heterocycles. The predicted octanol–water partition coefficient (Wildman–Crippen LogP) is 2.56. The molecular formula is C13H16BrNO2. The highest BCUT2D eigenvalue weighted by Crippen LogP contribution is 2.43. The molecule has 0 atom stereocenters. The van der Waals surface area contributed by atoms with Crippen LogP contribution >= 0.6 is 15.9 Å². The van der Waals surface area contributed by atoms with E-state index in [1.54, 1.807) is 0 Å². The van der Waals surface area contributed by atoms with Crippen LogP contribution in [-0.2, 0) is 6.42 Å². The largest absolute Gasteiger partial charge is 0.486 e. The van der Waals surface area contributed by atoms with Crippen molar-refractivity contribution >= 4 is 15.9 Å². The van der Waals surface area contributed by atoms with Crippen molar-refractivity contribution in [1.29, 1.82) is 0 Å². The Hall–Kier alpha value is -0.740. The maximum Gasteiger partial charge on any atom is 0.165 e. The fourth-order valence-electron chi connectivity index (χ4n) is 2.24. The maximum absolute atomic E-state index is 6.18. The molecule has 0 aromatic heterocycles. The molecule has 2 aliphatic rings. The lowest BCUT2D eigenvalue weighted by Gasteiger charge is -2.23. The van der Waals surface area contributed by atoms with Gasteiger partial charge in [0.2, 0.25) is 0 Å². The van der Waals surface area contributed by atoms with E-state index in [2.05, 4.69) is 28.9 Å². The highest BCUT2D eigenvalue weighted by Gasteiger charge is 2.39. The Morgan fingerprint density at radius 2 is 2.06 bits per heavy atom. The molecule has 0 radical (unpaired) electrons. The first kappa shape index (κ1) is 11.4. The first-order valence-electron chi connectivity index (χ1n) is 5.95. The third-order valence-corrected chi connectivity index (χ3v) is 4.61. The molecule has 0 amide bonds. The van der Waals surface area contributed by atoms with E-state index in [1.165, 1.54) is 5.56 Å². The second kappa shape index (κ2) is 3.89. The summed E-state index contributed by atoms with van der Waals surface area (Å²) in [4.78, 5) is 0. The van der Waals surface area contributed by atoms with Crippen LogP contribution in [-0.4, -0.2) is 18.8 Å². The molecule has 3 nitrogen and oxygen atoms in total. The Kier molecular flexibility index (Phi) is 2.60. The highest BCUT2D eigenvalue weighted by atomic mass is 79.9. The maximum atomic E-state index is 6.18. The minimum atomic E-state index is 0.0126. The zero-order chi connectivity index (χ0) is 12.0. The summed E-state index contributed by atoms with van der Waals surface area (Å²) in [6.45, 7) is 3.30. The summed E-state index contributed by atoms with van der Waals surface area (Å²) in [5.74, 6) is 1.73. The third-order valence-electron chi connectivity index (χ3n) is 3.50. The molecule has 1 aliphatic carbocycles. The summed E-state index contributed by atoms with van der Waals surface area (Å²) in [5, 5.41) is 0. The van der Waals surface area contributed by atoms with Gasteiger partial charge in [-0.15, -0.1) is 0 Å². The van der Waals surface area contributed by atoms with Gasteiger partial charge in [-0.1, -0.05) is 15.9 Å². The number of halogens is 1. The van der Waals surface area contributed by atoms with Gasteiger partial charge in [-0.2, -0.15) is 0 Å². The van der Waals surface area contributed by atoms with Crippen molar-refractivity contribution in [2.45, 2.75) is 31.7 Å². The van der Waals surface area contributed by atoms with Crippen molar-refractivity contribution in [3.05, 3.63) is 21.7 Å². The summed E-state index contributed by atoms with van der Waals surface area (Å²) >= 11 is 3.65. The highest BCUT2D eigenvalue weighted by molar-refractivity contribution is 9.10. The Morgan fingerprint density at radius 3 is 2.76 bits per heavy atom. The molecule has 1 saturated carbocycles. The number of hydrogen-bond acceptors (Lipinski definition) is 3. The fraction of sp³-hybridized carbons (Fsp3) is 0.538. The van der Waals surface area contributed by atoms with E-state index in [0.29, 0.717) is 13.2 Å². The van der Waals surface area contributed by atoms with E-state index in [1.807, 2.05) is 0 Å². The van der Waals surface area contributed by atoms with E-state index in [9.17, 15) is 0 Å². The first-order valence-corrected chi connectivity index (χ1v) is 6.75. The van der Waals surface area contributed by atoms with E-state index < -0.39 is 0 Å². The Labute approximate surface area is 109 Å². The molecule has 3 rings (SSSR count). The lowest BCUT2D eigenvalue weighted by Crippen LogP contribution is -2.25. The average Bonchev–Trinajstić information content (AvgIpc) is 3.04. The fourth-order valence-corrected chi connectivity index (χ4v) is 2.67. The van der Waals surface area contributed by atoms with Gasteiger partial charge in [-0.05, 0) is 37.8 Å². The van der Waals surface area contributed by atoms with Crippen LogP contribution in [0.4, 0.5) is 0 Å². The van der Waals surface area contributed by atoms with E-state index in [4.69, 9.17) is 15.2 Å². The summed E-state index contributed by atoms with van der Waals surface area (Å²) in [6, 6.07) is 2.07. The van der Waals surface area contributed by atoms with Crippen LogP contribution in [0.15, 0.2) is 10.5 Å². The predicted molar refractivity (Wildman–Crippen MR) is 69.7 cm³/mol. The molecule has 1 aromatic rings. The van der Waals surface area contributed by atoms with Gasteiger partial charge in [0.1, 0.15) is 13.2 Å². The van der Waals surface area contributed by atoms with Crippen molar-refractivity contribution in [2.75, 3.05) is 13.2 Å². The van der Waals surface area contributed by atoms with Crippen LogP contribution in [0.1, 0.15) is 24.0 Å². The summed E-state index contributed by atoms with van der Waals surface area (Å²) < 4.78 is 12.4. The van der Waals surface area contributed by atoms with E-state index in [-0.39, 0.29) is 5.54 Å². The van der Waals surface area contributed by atoms with Crippen LogP contribution < -0.4 is 15.2 Å². The Morgan fingerprint density at radius 1 is 1.35 bits per heavy atom. The third kappa shape index (κ3) is 2.04. The molecule has 0 spiro atoms. The standard InChI is InChI=1S/C13H16BrNO2/c1-8-11(14)9(7-13(15)2-3-13)6-10-12(8)17-5-4-16-10/h6H,2-5,7,15H2,1H3. The lowest BCUT2D eigenvalue weighted by atomic mass is 10.0. The van der Waals surface area contributed by atoms with E-state index in [0.717, 1.165) is 40.8 Å². The summed E-state index contributed by atoms with van der Waals surface area (Å²) in [6.07, 6.45) is 3.14. The van der Waals surface area contributed by atoms with Gasteiger partial charge in [0.25, 0.3) is 0 Å². The van der Waals surface area contributed by atoms with Gasteiger partial charge >= 0.3 is 0 Å². The van der Waals surface area contributed by atoms with Gasteiger partial charge in [-0.3, -0.25) is 0 Å². The topological polar surface area (TPSA) is 44.5 Å². The van der Waals surface area contributed by atoms with E-state index >= 15 is 0 Å². The molecule has 1 fully saturated rings. The smallest absolute Gasteiger partial charge is 0.165 e. The van der Waals surface area contributed by atoms with Crippen molar-refractivity contribution in [3.8, 4) is 11.5 Å². The normalized spacial score (nSPS) is 20.2. The number of fused-ring (bicyclic) bond motifs is 1. The molecule has 1 aromatic carbocycles. The molecule has 0 unspecified atom stereocenters. The quantitative estimate of drug-likeness (QED) is 0.912. The molecule has 1 aliphatic heterocycles. The van der Waals surface area contributed by atoms with Gasteiger partial charge < -0.3 is 15.2 Å². The minimum Gasteiger partial charge on any atom is -0.486 e. The molecule has 2 N–H and O–H groups in total. The van der Waals surface area contributed by atoms with Crippen molar-refractivity contribution in [3.63, 3.8) is 0 Å². The number of hydrogen-bond donors (Lipinski definition) is 1. The zero-order valence-corrected chi connectivity index (χ0v) is 11.5. The molecule has 4 heteroatoms. The SMILES string of the molecule is Cc1c(Br)c(CC2(N)CC2)cc2c1OCCO2. The number of ether oxygens (including phenoxy) is 2. The minimum absolute atomic E-state index is 0.0126. The second-order valence-corrected chi connectivity index (χ2v) is 5.83. The van der Waals surface area contributed by atoms with Gasteiger partial charge in [-0.25, -0.2) is 0 Å². The van der Waals surface area contributed by atoms with Crippen LogP contribution in [0.3, 0.4) is 0 Å². The first-order chi connectivity index (χ1) is 8.09. The average molecular weight is 298 g/mol. The van der Waals surface area contributed by atoms with Crippen molar-refractivity contribution in [1.82, 2.24) is 0 Å². The monoisotopic (exact) mass is 297 g/mol. The van der Waals surface area contributed by atoms with Crippen molar-refractivity contribution in [2.24, 2.45) is 5.73 Å². The number of benzene rings is 1. The molecule has 0 bridgehead atoms. The Balaban J connectivity index is 2.01. The van der Waals surface area contributed by atoms with Crippen LogP contribution in [0, 0.1) is 6.92 Å². The number of rotatable bonds is 2. The van der Waals surface area contributed by atoms with Crippen LogP contribution in [0.2, 0.25) is 0 Å². The summed E-state index contributed by atoms with van der Waals surface area (Å²) in [5.41, 5.74) is 8.53. The van der Waals surface area contributed by atoms with Crippen LogP contribution in [0.25, 0.3) is 0 Å².